The Labute approximate surface area is 183 Å². The van der Waals surface area contributed by atoms with E-state index in [0.717, 1.165) is 24.3 Å². The van der Waals surface area contributed by atoms with Crippen LogP contribution in [0, 0.1) is 23.3 Å². The highest BCUT2D eigenvalue weighted by Gasteiger charge is 2.18. The average Bonchev–Trinajstić information content (AvgIpc) is 2.78. The van der Waals surface area contributed by atoms with E-state index < -0.39 is 23.3 Å². The van der Waals surface area contributed by atoms with Crippen molar-refractivity contribution in [3.8, 4) is 33.8 Å². The molecule has 0 heterocycles. The molecule has 3 aromatic carbocycles. The summed E-state index contributed by atoms with van der Waals surface area (Å²) in [5, 5.41) is 0. The molecule has 0 aliphatic heterocycles. The first-order chi connectivity index (χ1) is 15.4. The highest BCUT2D eigenvalue weighted by molar-refractivity contribution is 5.82. The van der Waals surface area contributed by atoms with E-state index in [1.165, 1.54) is 12.1 Å². The number of nitrogens with two attached hydrogens (primary N) is 2. The van der Waals surface area contributed by atoms with Crippen LogP contribution in [0.15, 0.2) is 48.5 Å². The molecule has 0 bridgehead atoms. The van der Waals surface area contributed by atoms with Crippen molar-refractivity contribution >= 4 is 0 Å². The van der Waals surface area contributed by atoms with Gasteiger partial charge in [0.25, 0.3) is 0 Å². The zero-order chi connectivity index (χ0) is 23.1. The van der Waals surface area contributed by atoms with Crippen molar-refractivity contribution in [3.05, 3.63) is 71.8 Å². The number of halogens is 4. The Balaban J connectivity index is 2.17. The Morgan fingerprint density at radius 1 is 0.562 bits per heavy atom. The van der Waals surface area contributed by atoms with E-state index in [9.17, 15) is 17.6 Å². The molecule has 0 saturated carbocycles. The quantitative estimate of drug-likeness (QED) is 0.337. The van der Waals surface area contributed by atoms with Gasteiger partial charge in [-0.2, -0.15) is 0 Å². The molecule has 3 rings (SSSR count). The van der Waals surface area contributed by atoms with Crippen molar-refractivity contribution in [1.29, 1.82) is 0 Å². The van der Waals surface area contributed by atoms with Crippen LogP contribution in [0.25, 0.3) is 22.3 Å². The first-order valence-corrected chi connectivity index (χ1v) is 10.2. The third kappa shape index (κ3) is 5.57. The summed E-state index contributed by atoms with van der Waals surface area (Å²) in [6.07, 6.45) is 1.15. The molecule has 32 heavy (non-hydrogen) atoms. The molecule has 4 nitrogen and oxygen atoms in total. The maximum atomic E-state index is 13.9. The van der Waals surface area contributed by atoms with Gasteiger partial charge in [0.05, 0.1) is 13.2 Å². The smallest absolute Gasteiger partial charge is 0.159 e. The fourth-order valence-corrected chi connectivity index (χ4v) is 3.11. The Bertz CT molecular complexity index is 995. The minimum Gasteiger partial charge on any atom is -0.493 e. The summed E-state index contributed by atoms with van der Waals surface area (Å²) in [6.45, 7) is 1.40. The van der Waals surface area contributed by atoms with Gasteiger partial charge in [0.2, 0.25) is 0 Å². The van der Waals surface area contributed by atoms with Gasteiger partial charge >= 0.3 is 0 Å². The molecule has 0 aliphatic carbocycles. The number of hydrogen-bond donors (Lipinski definition) is 2. The van der Waals surface area contributed by atoms with Crippen molar-refractivity contribution in [3.63, 3.8) is 0 Å². The third-order valence-electron chi connectivity index (χ3n) is 4.76. The largest absolute Gasteiger partial charge is 0.493 e. The average molecular weight is 448 g/mol. The van der Waals surface area contributed by atoms with Crippen LogP contribution in [0.5, 0.6) is 11.5 Å². The fourth-order valence-electron chi connectivity index (χ4n) is 3.11. The second-order valence-corrected chi connectivity index (χ2v) is 7.08. The molecule has 8 heteroatoms. The fraction of sp³-hybridized carbons (Fsp3) is 0.250. The van der Waals surface area contributed by atoms with Crippen molar-refractivity contribution in [2.75, 3.05) is 26.3 Å². The first kappa shape index (κ1) is 23.6. The minimum atomic E-state index is -1.02. The second kappa shape index (κ2) is 11.0. The number of benzene rings is 3. The molecule has 0 amide bonds. The van der Waals surface area contributed by atoms with Crippen LogP contribution < -0.4 is 20.9 Å². The lowest BCUT2D eigenvalue weighted by molar-refractivity contribution is 0.299. The van der Waals surface area contributed by atoms with Crippen molar-refractivity contribution < 1.29 is 27.0 Å². The monoisotopic (exact) mass is 448 g/mol. The minimum absolute atomic E-state index is 0.292. The van der Waals surface area contributed by atoms with E-state index in [0.29, 0.717) is 72.9 Å². The van der Waals surface area contributed by atoms with Gasteiger partial charge in [0.1, 0.15) is 11.5 Å². The summed E-state index contributed by atoms with van der Waals surface area (Å²) in [6, 6.07) is 10.2. The predicted molar refractivity (Wildman–Crippen MR) is 115 cm³/mol. The molecule has 0 aromatic heterocycles. The maximum Gasteiger partial charge on any atom is 0.159 e. The molecule has 0 atom stereocenters. The maximum absolute atomic E-state index is 13.9. The van der Waals surface area contributed by atoms with E-state index in [4.69, 9.17) is 20.9 Å². The number of hydrogen-bond acceptors (Lipinski definition) is 4. The van der Waals surface area contributed by atoms with Crippen LogP contribution in [-0.2, 0) is 0 Å². The van der Waals surface area contributed by atoms with Crippen LogP contribution in [0.4, 0.5) is 17.6 Å². The van der Waals surface area contributed by atoms with E-state index in [2.05, 4.69) is 0 Å². The second-order valence-electron chi connectivity index (χ2n) is 7.08. The molecule has 0 saturated heterocycles. The van der Waals surface area contributed by atoms with Crippen LogP contribution >= 0.6 is 0 Å². The zero-order valence-electron chi connectivity index (χ0n) is 17.3. The molecule has 0 radical (unpaired) electrons. The Kier molecular flexibility index (Phi) is 8.08. The van der Waals surface area contributed by atoms with Crippen molar-refractivity contribution in [2.45, 2.75) is 12.8 Å². The Hall–Kier alpha value is -3.10. The van der Waals surface area contributed by atoms with Crippen LogP contribution in [0.3, 0.4) is 0 Å². The van der Waals surface area contributed by atoms with E-state index >= 15 is 0 Å². The molecule has 0 spiro atoms. The Morgan fingerprint density at radius 3 is 1.38 bits per heavy atom. The first-order valence-electron chi connectivity index (χ1n) is 10.2. The highest BCUT2D eigenvalue weighted by atomic mass is 19.2. The van der Waals surface area contributed by atoms with E-state index in [1.54, 1.807) is 12.1 Å². The van der Waals surface area contributed by atoms with E-state index in [-0.39, 0.29) is 0 Å². The topological polar surface area (TPSA) is 70.5 Å². The van der Waals surface area contributed by atoms with Gasteiger partial charge in [-0.05, 0) is 67.4 Å². The molecular formula is C24H24F4N2O2. The Morgan fingerprint density at radius 2 is 1.00 bits per heavy atom. The molecule has 0 unspecified atom stereocenters. The molecule has 4 N–H and O–H groups in total. The van der Waals surface area contributed by atoms with Gasteiger partial charge in [-0.15, -0.1) is 0 Å². The summed E-state index contributed by atoms with van der Waals surface area (Å²) in [5.74, 6) is -3.29. The van der Waals surface area contributed by atoms with Crippen molar-refractivity contribution in [1.82, 2.24) is 0 Å². The highest BCUT2D eigenvalue weighted by Crippen LogP contribution is 2.41. The molecule has 170 valence electrons. The molecular weight excluding hydrogens is 424 g/mol. The summed E-state index contributed by atoms with van der Waals surface area (Å²) >= 11 is 0. The lowest BCUT2D eigenvalue weighted by atomic mass is 9.96. The predicted octanol–water partition coefficient (Wildman–Crippen LogP) is 5.03. The van der Waals surface area contributed by atoms with Crippen LogP contribution in [0.1, 0.15) is 12.8 Å². The van der Waals surface area contributed by atoms with Gasteiger partial charge in [0.15, 0.2) is 23.3 Å². The van der Waals surface area contributed by atoms with Crippen LogP contribution in [0.2, 0.25) is 0 Å². The molecule has 0 fully saturated rings. The normalized spacial score (nSPS) is 10.9. The summed E-state index contributed by atoms with van der Waals surface area (Å²) in [4.78, 5) is 0. The number of ether oxygens (including phenoxy) is 2. The van der Waals surface area contributed by atoms with Crippen LogP contribution in [-0.4, -0.2) is 26.3 Å². The van der Waals surface area contributed by atoms with Gasteiger partial charge in [-0.25, -0.2) is 17.6 Å². The molecule has 0 aliphatic rings. The van der Waals surface area contributed by atoms with Gasteiger partial charge < -0.3 is 20.9 Å². The van der Waals surface area contributed by atoms with E-state index in [1.807, 2.05) is 0 Å². The van der Waals surface area contributed by atoms with Gasteiger partial charge in [0, 0.05) is 17.2 Å². The van der Waals surface area contributed by atoms with Crippen molar-refractivity contribution in [2.24, 2.45) is 11.5 Å². The zero-order valence-corrected chi connectivity index (χ0v) is 17.3. The third-order valence-corrected chi connectivity index (χ3v) is 4.76. The van der Waals surface area contributed by atoms with Gasteiger partial charge in [-0.1, -0.05) is 12.1 Å². The standard InChI is InChI=1S/C24H24F4N2O2/c25-19-5-3-15(11-21(19)27)17-13-18(16-4-6-20(26)22(28)12-16)24(32-10-2-8-30)14-23(17)31-9-1-7-29/h3-6,11-14H,1-2,7-10,29-30H2. The van der Waals surface area contributed by atoms with Gasteiger partial charge in [-0.3, -0.25) is 0 Å². The summed E-state index contributed by atoms with van der Waals surface area (Å²) in [7, 11) is 0. The lowest BCUT2D eigenvalue weighted by Gasteiger charge is -2.18. The molecule has 3 aromatic rings. The lowest BCUT2D eigenvalue weighted by Crippen LogP contribution is -2.08. The SMILES string of the molecule is NCCCOc1cc(OCCCN)c(-c2ccc(F)c(F)c2)cc1-c1ccc(F)c(F)c1. The summed E-state index contributed by atoms with van der Waals surface area (Å²) in [5.41, 5.74) is 12.7. The summed E-state index contributed by atoms with van der Waals surface area (Å²) < 4.78 is 66.6. The number of rotatable bonds is 10.